The zero-order chi connectivity index (χ0) is 16.6. The van der Waals surface area contributed by atoms with Crippen molar-refractivity contribution in [2.45, 2.75) is 45.4 Å². The van der Waals surface area contributed by atoms with E-state index in [9.17, 15) is 22.8 Å². The molecule has 0 aliphatic heterocycles. The molecule has 0 N–H and O–H groups in total. The Morgan fingerprint density at radius 2 is 1.62 bits per heavy atom. The van der Waals surface area contributed by atoms with Crippen LogP contribution in [0.3, 0.4) is 0 Å². The molecule has 21 heavy (non-hydrogen) atoms. The number of esters is 1. The Kier molecular flexibility index (Phi) is 4.46. The maximum absolute atomic E-state index is 13.0. The number of Topliss-reactive ketones (excluding diaryl/α,β-unsaturated/α-hetero) is 1. The van der Waals surface area contributed by atoms with Gasteiger partial charge in [0.1, 0.15) is 16.6 Å². The van der Waals surface area contributed by atoms with Crippen LogP contribution in [0.15, 0.2) is 11.8 Å². The summed E-state index contributed by atoms with van der Waals surface area (Å²) in [6, 6.07) is 0. The summed E-state index contributed by atoms with van der Waals surface area (Å²) in [4.78, 5) is 25.6. The van der Waals surface area contributed by atoms with E-state index in [0.717, 1.165) is 6.20 Å². The van der Waals surface area contributed by atoms with E-state index in [-0.39, 0.29) is 12.8 Å². The molecular weight excluding hydrogens is 287 g/mol. The number of rotatable bonds is 4. The molecule has 1 rings (SSSR count). The summed E-state index contributed by atoms with van der Waals surface area (Å²) in [5.41, 5.74) is -3.88. The molecule has 0 aromatic rings. The van der Waals surface area contributed by atoms with Gasteiger partial charge in [-0.3, -0.25) is 4.79 Å². The molecule has 0 amide bonds. The van der Waals surface area contributed by atoms with Crippen molar-refractivity contribution in [3.05, 3.63) is 11.8 Å². The Morgan fingerprint density at radius 3 is 1.90 bits per heavy atom. The van der Waals surface area contributed by atoms with Crippen molar-refractivity contribution in [3.63, 3.8) is 0 Å². The van der Waals surface area contributed by atoms with Crippen molar-refractivity contribution in [1.82, 2.24) is 4.90 Å². The molecule has 1 aliphatic rings. The Morgan fingerprint density at radius 1 is 1.14 bits per heavy atom. The zero-order valence-corrected chi connectivity index (χ0v) is 12.8. The number of alkyl halides is 3. The highest BCUT2D eigenvalue weighted by atomic mass is 19.4. The number of carbonyl (C=O) groups is 2. The number of halogens is 3. The molecule has 1 saturated carbocycles. The minimum atomic E-state index is -4.66. The van der Waals surface area contributed by atoms with Gasteiger partial charge in [-0.1, -0.05) is 0 Å². The number of carbonyl (C=O) groups excluding carboxylic acids is 2. The molecule has 0 saturated heterocycles. The van der Waals surface area contributed by atoms with E-state index in [0.29, 0.717) is 0 Å². The van der Waals surface area contributed by atoms with Crippen molar-refractivity contribution >= 4 is 11.8 Å². The van der Waals surface area contributed by atoms with Crippen molar-refractivity contribution in [2.24, 2.45) is 5.41 Å². The molecular formula is C14H20F3NO3. The molecule has 1 fully saturated rings. The van der Waals surface area contributed by atoms with Gasteiger partial charge >= 0.3 is 12.1 Å². The van der Waals surface area contributed by atoms with Crippen LogP contribution in [0.1, 0.15) is 33.6 Å². The largest absolute Gasteiger partial charge is 0.456 e. The van der Waals surface area contributed by atoms with Gasteiger partial charge in [0.15, 0.2) is 5.78 Å². The van der Waals surface area contributed by atoms with Crippen molar-refractivity contribution < 1.29 is 27.5 Å². The second-order valence-electron chi connectivity index (χ2n) is 6.42. The van der Waals surface area contributed by atoms with Crippen molar-refractivity contribution in [1.29, 1.82) is 0 Å². The molecule has 0 aromatic heterocycles. The van der Waals surface area contributed by atoms with Crippen molar-refractivity contribution in [2.75, 3.05) is 14.1 Å². The third-order valence-corrected chi connectivity index (χ3v) is 2.98. The minimum Gasteiger partial charge on any atom is -0.456 e. The highest BCUT2D eigenvalue weighted by Crippen LogP contribution is 2.59. The molecule has 0 radical (unpaired) electrons. The van der Waals surface area contributed by atoms with Gasteiger partial charge in [-0.15, -0.1) is 0 Å². The maximum atomic E-state index is 13.0. The van der Waals surface area contributed by atoms with E-state index in [4.69, 9.17) is 4.74 Å². The van der Waals surface area contributed by atoms with Crippen LogP contribution in [0.25, 0.3) is 0 Å². The van der Waals surface area contributed by atoms with Gasteiger partial charge in [0.05, 0.1) is 0 Å². The number of hydrogen-bond acceptors (Lipinski definition) is 4. The van der Waals surface area contributed by atoms with Crippen LogP contribution in [0.2, 0.25) is 0 Å². The third-order valence-electron chi connectivity index (χ3n) is 2.98. The summed E-state index contributed by atoms with van der Waals surface area (Å²) in [5, 5.41) is 0. The SMILES string of the molecule is CN(C)/C=C(\C(=O)OC(C)(C)C)C(=O)C1(C(F)(F)F)CC1. The van der Waals surface area contributed by atoms with Crippen LogP contribution in [0.4, 0.5) is 13.2 Å². The van der Waals surface area contributed by atoms with E-state index in [2.05, 4.69) is 0 Å². The first-order valence-electron chi connectivity index (χ1n) is 6.53. The predicted molar refractivity (Wildman–Crippen MR) is 70.3 cm³/mol. The van der Waals surface area contributed by atoms with E-state index in [1.54, 1.807) is 20.8 Å². The summed E-state index contributed by atoms with van der Waals surface area (Å²) in [7, 11) is 3.04. The second-order valence-corrected chi connectivity index (χ2v) is 6.42. The summed E-state index contributed by atoms with van der Waals surface area (Å²) in [5.74, 6) is -2.24. The Hall–Kier alpha value is -1.53. The molecule has 1 aliphatic carbocycles. The van der Waals surface area contributed by atoms with Crippen LogP contribution in [-0.2, 0) is 14.3 Å². The quantitative estimate of drug-likeness (QED) is 0.347. The van der Waals surface area contributed by atoms with E-state index < -0.39 is 34.5 Å². The molecule has 0 heterocycles. The lowest BCUT2D eigenvalue weighted by atomic mass is 9.94. The molecule has 0 unspecified atom stereocenters. The lowest BCUT2D eigenvalue weighted by Crippen LogP contribution is -2.37. The van der Waals surface area contributed by atoms with Gasteiger partial charge in [-0.25, -0.2) is 4.79 Å². The molecule has 0 aromatic carbocycles. The van der Waals surface area contributed by atoms with Gasteiger partial charge in [-0.05, 0) is 33.6 Å². The van der Waals surface area contributed by atoms with E-state index in [1.807, 2.05) is 0 Å². The first kappa shape index (κ1) is 17.5. The van der Waals surface area contributed by atoms with Gasteiger partial charge in [0.25, 0.3) is 0 Å². The highest BCUT2D eigenvalue weighted by molar-refractivity contribution is 6.20. The number of nitrogens with zero attached hydrogens (tertiary/aromatic N) is 1. The van der Waals surface area contributed by atoms with E-state index >= 15 is 0 Å². The average molecular weight is 307 g/mol. The molecule has 0 bridgehead atoms. The lowest BCUT2D eigenvalue weighted by Gasteiger charge is -2.23. The fraction of sp³-hybridized carbons (Fsp3) is 0.714. The van der Waals surface area contributed by atoms with Crippen LogP contribution in [-0.4, -0.2) is 42.5 Å². The summed E-state index contributed by atoms with van der Waals surface area (Å²) >= 11 is 0. The molecule has 0 atom stereocenters. The van der Waals surface area contributed by atoms with Crippen LogP contribution in [0, 0.1) is 5.41 Å². The molecule has 0 spiro atoms. The van der Waals surface area contributed by atoms with Crippen LogP contribution < -0.4 is 0 Å². The fourth-order valence-electron chi connectivity index (χ4n) is 1.82. The smallest absolute Gasteiger partial charge is 0.401 e. The summed E-state index contributed by atoms with van der Waals surface area (Å²) in [6.07, 6.45) is -4.15. The lowest BCUT2D eigenvalue weighted by molar-refractivity contribution is -0.189. The van der Waals surface area contributed by atoms with Crippen LogP contribution >= 0.6 is 0 Å². The first-order valence-corrected chi connectivity index (χ1v) is 6.53. The molecule has 120 valence electrons. The monoisotopic (exact) mass is 307 g/mol. The number of hydrogen-bond donors (Lipinski definition) is 0. The fourth-order valence-corrected chi connectivity index (χ4v) is 1.82. The molecule has 7 heteroatoms. The Balaban J connectivity index is 3.11. The Labute approximate surface area is 121 Å². The minimum absolute atomic E-state index is 0.289. The van der Waals surface area contributed by atoms with Gasteiger partial charge in [0, 0.05) is 20.3 Å². The zero-order valence-electron chi connectivity index (χ0n) is 12.8. The number of ketones is 1. The van der Waals surface area contributed by atoms with Gasteiger partial charge in [0.2, 0.25) is 0 Å². The topological polar surface area (TPSA) is 46.6 Å². The maximum Gasteiger partial charge on any atom is 0.401 e. The standard InChI is InChI=1S/C14H20F3NO3/c1-12(2,3)21-11(20)9(8-18(4)5)10(19)13(6-7-13)14(15,16)17/h8H,6-7H2,1-5H3/b9-8-. The molecule has 4 nitrogen and oxygen atoms in total. The first-order chi connectivity index (χ1) is 9.30. The highest BCUT2D eigenvalue weighted by Gasteiger charge is 2.69. The summed E-state index contributed by atoms with van der Waals surface area (Å²) < 4.78 is 44.1. The van der Waals surface area contributed by atoms with Crippen molar-refractivity contribution in [3.8, 4) is 0 Å². The predicted octanol–water partition coefficient (Wildman–Crippen LogP) is 2.69. The van der Waals surface area contributed by atoms with Gasteiger partial charge in [-0.2, -0.15) is 13.2 Å². The van der Waals surface area contributed by atoms with Gasteiger partial charge < -0.3 is 9.64 Å². The van der Waals surface area contributed by atoms with Crippen LogP contribution in [0.5, 0.6) is 0 Å². The third kappa shape index (κ3) is 3.98. The number of ether oxygens (including phenoxy) is 1. The second kappa shape index (κ2) is 5.35. The Bertz CT molecular complexity index is 469. The summed E-state index contributed by atoms with van der Waals surface area (Å²) in [6.45, 7) is 4.75. The normalized spacial score (nSPS) is 18.2. The average Bonchev–Trinajstić information content (AvgIpc) is 3.01. The van der Waals surface area contributed by atoms with E-state index in [1.165, 1.54) is 19.0 Å².